The van der Waals surface area contributed by atoms with Crippen molar-refractivity contribution in [3.05, 3.63) is 33.9 Å². The molecule has 5 nitrogen and oxygen atoms in total. The first-order valence-electron chi connectivity index (χ1n) is 4.05. The second kappa shape index (κ2) is 4.64. The molecule has 0 aliphatic rings. The van der Waals surface area contributed by atoms with Gasteiger partial charge in [-0.3, -0.25) is 10.1 Å². The molecule has 2 N–H and O–H groups in total. The van der Waals surface area contributed by atoms with E-state index in [9.17, 15) is 10.1 Å². The molecule has 0 aliphatic heterocycles. The minimum Gasteiger partial charge on any atom is -0.398 e. The molecule has 0 atom stereocenters. The van der Waals surface area contributed by atoms with Gasteiger partial charge in [-0.25, -0.2) is 0 Å². The maximum atomic E-state index is 10.4. The zero-order chi connectivity index (χ0) is 11.3. The molecule has 0 bridgehead atoms. The van der Waals surface area contributed by atoms with Gasteiger partial charge in [0.25, 0.3) is 5.69 Å². The summed E-state index contributed by atoms with van der Waals surface area (Å²) in [7, 11) is 0. The number of nitro benzene ring substituents is 1. The predicted molar refractivity (Wildman–Crippen MR) is 54.6 cm³/mol. The van der Waals surface area contributed by atoms with Crippen molar-refractivity contribution in [2.75, 3.05) is 5.73 Å². The number of nitrogens with two attached hydrogens (primary N) is 1. The lowest BCUT2D eigenvalue weighted by atomic mass is 10.1. The molecule has 0 radical (unpaired) electrons. The number of nitriles is 1. The van der Waals surface area contributed by atoms with E-state index < -0.39 is 4.92 Å². The van der Waals surface area contributed by atoms with E-state index in [1.807, 2.05) is 6.07 Å². The summed E-state index contributed by atoms with van der Waals surface area (Å²) >= 11 is 0. The Bertz CT molecular complexity index is 492. The Morgan fingerprint density at radius 1 is 1.53 bits per heavy atom. The van der Waals surface area contributed by atoms with Gasteiger partial charge in [-0.1, -0.05) is 11.8 Å². The maximum Gasteiger partial charge on any atom is 0.271 e. The summed E-state index contributed by atoms with van der Waals surface area (Å²) in [6, 6.07) is 5.91. The summed E-state index contributed by atoms with van der Waals surface area (Å²) in [5.74, 6) is 5.24. The van der Waals surface area contributed by atoms with Gasteiger partial charge in [-0.2, -0.15) is 5.26 Å². The first-order valence-corrected chi connectivity index (χ1v) is 4.05. The number of nitrogen functional groups attached to an aromatic ring is 1. The van der Waals surface area contributed by atoms with Crippen LogP contribution in [0.5, 0.6) is 0 Å². The highest BCUT2D eigenvalue weighted by Crippen LogP contribution is 2.18. The van der Waals surface area contributed by atoms with Gasteiger partial charge in [0.1, 0.15) is 0 Å². The summed E-state index contributed by atoms with van der Waals surface area (Å²) in [5.41, 5.74) is 6.22. The lowest BCUT2D eigenvalue weighted by molar-refractivity contribution is -0.384. The van der Waals surface area contributed by atoms with Crippen molar-refractivity contribution in [1.29, 1.82) is 5.26 Å². The van der Waals surface area contributed by atoms with Crippen LogP contribution in [0.25, 0.3) is 0 Å². The van der Waals surface area contributed by atoms with Crippen molar-refractivity contribution in [1.82, 2.24) is 0 Å². The third kappa shape index (κ3) is 2.71. The second-order valence-corrected chi connectivity index (χ2v) is 2.67. The van der Waals surface area contributed by atoms with Crippen LogP contribution in [0.4, 0.5) is 11.4 Å². The molecule has 15 heavy (non-hydrogen) atoms. The van der Waals surface area contributed by atoms with Crippen LogP contribution in [-0.4, -0.2) is 4.92 Å². The molecule has 74 valence electrons. The van der Waals surface area contributed by atoms with Crippen LogP contribution in [0.1, 0.15) is 12.0 Å². The Morgan fingerprint density at radius 3 is 2.80 bits per heavy atom. The highest BCUT2D eigenvalue weighted by Gasteiger charge is 2.06. The Morgan fingerprint density at radius 2 is 2.27 bits per heavy atom. The van der Waals surface area contributed by atoms with Gasteiger partial charge in [0, 0.05) is 17.7 Å². The topological polar surface area (TPSA) is 92.9 Å². The van der Waals surface area contributed by atoms with Crippen molar-refractivity contribution in [3.8, 4) is 17.9 Å². The van der Waals surface area contributed by atoms with Gasteiger partial charge in [-0.05, 0) is 6.07 Å². The zero-order valence-corrected chi connectivity index (χ0v) is 7.73. The van der Waals surface area contributed by atoms with Crippen molar-refractivity contribution < 1.29 is 4.92 Å². The normalized spacial score (nSPS) is 8.47. The lowest BCUT2D eigenvalue weighted by Crippen LogP contribution is -1.94. The second-order valence-electron chi connectivity index (χ2n) is 2.67. The van der Waals surface area contributed by atoms with E-state index in [1.54, 1.807) is 0 Å². The summed E-state index contributed by atoms with van der Waals surface area (Å²) in [5, 5.41) is 18.7. The van der Waals surface area contributed by atoms with E-state index in [0.717, 1.165) is 0 Å². The molecule has 1 aromatic carbocycles. The Kier molecular flexibility index (Phi) is 3.26. The molecule has 0 heterocycles. The smallest absolute Gasteiger partial charge is 0.271 e. The SMILES string of the molecule is N#CCC#Cc1ccc([N+](=O)[O-])cc1N. The number of non-ortho nitro benzene ring substituents is 1. The van der Waals surface area contributed by atoms with E-state index >= 15 is 0 Å². The Balaban J connectivity index is 3.01. The monoisotopic (exact) mass is 201 g/mol. The van der Waals surface area contributed by atoms with Gasteiger partial charge in [-0.15, -0.1) is 0 Å². The summed E-state index contributed by atoms with van der Waals surface area (Å²) in [6.45, 7) is 0. The van der Waals surface area contributed by atoms with E-state index in [0.29, 0.717) is 5.56 Å². The predicted octanol–water partition coefficient (Wildman–Crippen LogP) is 1.44. The van der Waals surface area contributed by atoms with Gasteiger partial charge in [0.05, 0.1) is 23.1 Å². The van der Waals surface area contributed by atoms with Crippen LogP contribution in [0, 0.1) is 33.3 Å². The fourth-order valence-corrected chi connectivity index (χ4v) is 0.956. The fourth-order valence-electron chi connectivity index (χ4n) is 0.956. The van der Waals surface area contributed by atoms with Crippen LogP contribution < -0.4 is 5.73 Å². The van der Waals surface area contributed by atoms with E-state index in [1.165, 1.54) is 18.2 Å². The van der Waals surface area contributed by atoms with Gasteiger partial charge >= 0.3 is 0 Å². The average Bonchev–Trinajstić information content (AvgIpc) is 2.20. The van der Waals surface area contributed by atoms with Gasteiger partial charge in [0.2, 0.25) is 0 Å². The van der Waals surface area contributed by atoms with Crippen LogP contribution in [-0.2, 0) is 0 Å². The molecule has 0 aliphatic carbocycles. The minimum absolute atomic E-state index is 0.0710. The highest BCUT2D eigenvalue weighted by molar-refractivity contribution is 5.60. The first kappa shape index (κ1) is 10.6. The molecule has 0 amide bonds. The van der Waals surface area contributed by atoms with Crippen molar-refractivity contribution in [3.63, 3.8) is 0 Å². The molecule has 0 fully saturated rings. The standard InChI is InChI=1S/C10H7N3O2/c11-6-2-1-3-8-4-5-9(13(14)15)7-10(8)12/h4-5,7H,2,12H2. The zero-order valence-electron chi connectivity index (χ0n) is 7.73. The third-order valence-corrected chi connectivity index (χ3v) is 1.64. The first-order chi connectivity index (χ1) is 7.15. The number of nitro groups is 1. The molecule has 1 aromatic rings. The molecule has 0 saturated carbocycles. The highest BCUT2D eigenvalue weighted by atomic mass is 16.6. The third-order valence-electron chi connectivity index (χ3n) is 1.64. The quantitative estimate of drug-likeness (QED) is 0.322. The largest absolute Gasteiger partial charge is 0.398 e. The summed E-state index contributed by atoms with van der Waals surface area (Å²) in [6.07, 6.45) is 0.108. The fraction of sp³-hybridized carbons (Fsp3) is 0.100. The molecular formula is C10H7N3O2. The number of hydrogen-bond donors (Lipinski definition) is 1. The molecule has 0 spiro atoms. The molecular weight excluding hydrogens is 194 g/mol. The van der Waals surface area contributed by atoms with E-state index in [2.05, 4.69) is 11.8 Å². The number of benzene rings is 1. The summed E-state index contributed by atoms with van der Waals surface area (Å²) in [4.78, 5) is 9.87. The summed E-state index contributed by atoms with van der Waals surface area (Å²) < 4.78 is 0. The number of hydrogen-bond acceptors (Lipinski definition) is 4. The molecule has 0 aromatic heterocycles. The van der Waals surface area contributed by atoms with Crippen molar-refractivity contribution in [2.24, 2.45) is 0 Å². The number of anilines is 1. The van der Waals surface area contributed by atoms with Crippen LogP contribution in [0.3, 0.4) is 0 Å². The van der Waals surface area contributed by atoms with Crippen LogP contribution >= 0.6 is 0 Å². The van der Waals surface area contributed by atoms with Crippen molar-refractivity contribution in [2.45, 2.75) is 6.42 Å². The molecule has 0 saturated heterocycles. The van der Waals surface area contributed by atoms with Gasteiger partial charge < -0.3 is 5.73 Å². The maximum absolute atomic E-state index is 10.4. The molecule has 1 rings (SSSR count). The van der Waals surface area contributed by atoms with Crippen LogP contribution in [0.2, 0.25) is 0 Å². The Labute approximate surface area is 86.3 Å². The number of rotatable bonds is 1. The van der Waals surface area contributed by atoms with E-state index in [4.69, 9.17) is 11.0 Å². The average molecular weight is 201 g/mol. The number of nitrogens with zero attached hydrogens (tertiary/aromatic N) is 2. The van der Waals surface area contributed by atoms with Gasteiger partial charge in [0.15, 0.2) is 0 Å². The van der Waals surface area contributed by atoms with E-state index in [-0.39, 0.29) is 17.8 Å². The van der Waals surface area contributed by atoms with Crippen LogP contribution in [0.15, 0.2) is 18.2 Å². The Hall–Kier alpha value is -2.53. The molecule has 0 unspecified atom stereocenters. The lowest BCUT2D eigenvalue weighted by Gasteiger charge is -1.97. The van der Waals surface area contributed by atoms with Crippen molar-refractivity contribution >= 4 is 11.4 Å². The molecule has 5 heteroatoms. The minimum atomic E-state index is -0.525.